The van der Waals surface area contributed by atoms with Crippen LogP contribution in [-0.2, 0) is 13.0 Å². The largest absolute Gasteiger partial charge is 0.328 e. The molecule has 2 nitrogen and oxygen atoms in total. The van der Waals surface area contributed by atoms with Crippen LogP contribution in [0.25, 0.3) is 0 Å². The van der Waals surface area contributed by atoms with Crippen LogP contribution in [0.5, 0.6) is 0 Å². The molecular formula is C14H20N2. The highest BCUT2D eigenvalue weighted by Gasteiger charge is 2.31. The van der Waals surface area contributed by atoms with Crippen LogP contribution >= 0.6 is 0 Å². The number of hydrogen-bond acceptors (Lipinski definition) is 2. The van der Waals surface area contributed by atoms with Crippen LogP contribution in [0.1, 0.15) is 30.4 Å². The van der Waals surface area contributed by atoms with Gasteiger partial charge in [0.05, 0.1) is 0 Å². The highest BCUT2D eigenvalue weighted by molar-refractivity contribution is 5.28. The van der Waals surface area contributed by atoms with Gasteiger partial charge in [-0.25, -0.2) is 0 Å². The maximum Gasteiger partial charge on any atom is 0.0239 e. The van der Waals surface area contributed by atoms with Gasteiger partial charge in [0.2, 0.25) is 0 Å². The molecule has 3 rings (SSSR count). The van der Waals surface area contributed by atoms with Crippen molar-refractivity contribution >= 4 is 0 Å². The van der Waals surface area contributed by atoms with Crippen molar-refractivity contribution in [2.45, 2.75) is 44.3 Å². The molecule has 1 fully saturated rings. The van der Waals surface area contributed by atoms with Crippen molar-refractivity contribution in [2.75, 3.05) is 6.54 Å². The van der Waals surface area contributed by atoms with Crippen molar-refractivity contribution in [3.05, 3.63) is 35.4 Å². The van der Waals surface area contributed by atoms with Gasteiger partial charge in [-0.2, -0.15) is 0 Å². The lowest BCUT2D eigenvalue weighted by atomic mass is 9.86. The summed E-state index contributed by atoms with van der Waals surface area (Å²) in [7, 11) is 0. The van der Waals surface area contributed by atoms with E-state index in [4.69, 9.17) is 5.73 Å². The number of nitrogens with two attached hydrogens (primary N) is 1. The van der Waals surface area contributed by atoms with Crippen molar-refractivity contribution in [3.8, 4) is 0 Å². The number of hydrogen-bond donors (Lipinski definition) is 1. The molecule has 0 aromatic heterocycles. The Balaban J connectivity index is 1.75. The summed E-state index contributed by atoms with van der Waals surface area (Å²) in [4.78, 5) is 2.63. The van der Waals surface area contributed by atoms with Gasteiger partial charge >= 0.3 is 0 Å². The fraction of sp³-hybridized carbons (Fsp3) is 0.571. The predicted octanol–water partition coefficient (Wildman–Crippen LogP) is 1.92. The normalized spacial score (nSPS) is 30.3. The van der Waals surface area contributed by atoms with E-state index in [-0.39, 0.29) is 0 Å². The number of rotatable bonds is 1. The topological polar surface area (TPSA) is 29.3 Å². The van der Waals surface area contributed by atoms with Crippen molar-refractivity contribution < 1.29 is 0 Å². The third kappa shape index (κ3) is 1.87. The van der Waals surface area contributed by atoms with Crippen LogP contribution in [0.15, 0.2) is 24.3 Å². The van der Waals surface area contributed by atoms with E-state index in [0.717, 1.165) is 12.6 Å². The summed E-state index contributed by atoms with van der Waals surface area (Å²) in [6, 6.07) is 10.1. The summed E-state index contributed by atoms with van der Waals surface area (Å²) >= 11 is 0. The average molecular weight is 216 g/mol. The monoisotopic (exact) mass is 216 g/mol. The van der Waals surface area contributed by atoms with Gasteiger partial charge in [-0.05, 0) is 43.4 Å². The maximum atomic E-state index is 5.88. The Morgan fingerprint density at radius 2 is 1.88 bits per heavy atom. The first-order chi connectivity index (χ1) is 7.83. The molecule has 16 heavy (non-hydrogen) atoms. The zero-order chi connectivity index (χ0) is 11.0. The number of nitrogens with zero attached hydrogens (tertiary/aromatic N) is 1. The SMILES string of the molecule is NC1CC(N2CCCc3ccccc3C2)C1. The second-order valence-electron chi connectivity index (χ2n) is 5.23. The van der Waals surface area contributed by atoms with E-state index in [1.807, 2.05) is 0 Å². The van der Waals surface area contributed by atoms with Gasteiger partial charge in [0.25, 0.3) is 0 Å². The van der Waals surface area contributed by atoms with Crippen molar-refractivity contribution in [1.29, 1.82) is 0 Å². The van der Waals surface area contributed by atoms with Crippen LogP contribution in [0.2, 0.25) is 0 Å². The number of aryl methyl sites for hydroxylation is 1. The molecule has 2 aliphatic rings. The Hall–Kier alpha value is -0.860. The van der Waals surface area contributed by atoms with E-state index >= 15 is 0 Å². The van der Waals surface area contributed by atoms with Crippen LogP contribution in [0.4, 0.5) is 0 Å². The Kier molecular flexibility index (Phi) is 2.70. The fourth-order valence-corrected chi connectivity index (χ4v) is 2.97. The number of fused-ring (bicyclic) bond motifs is 1. The van der Waals surface area contributed by atoms with Gasteiger partial charge in [0.1, 0.15) is 0 Å². The van der Waals surface area contributed by atoms with Gasteiger partial charge in [0.15, 0.2) is 0 Å². The Morgan fingerprint density at radius 1 is 1.12 bits per heavy atom. The Morgan fingerprint density at radius 3 is 2.62 bits per heavy atom. The molecule has 1 aromatic rings. The molecule has 1 saturated carbocycles. The van der Waals surface area contributed by atoms with E-state index in [0.29, 0.717) is 6.04 Å². The minimum absolute atomic E-state index is 0.462. The molecule has 0 atom stereocenters. The molecule has 1 aliphatic heterocycles. The summed E-state index contributed by atoms with van der Waals surface area (Å²) < 4.78 is 0. The fourth-order valence-electron chi connectivity index (χ4n) is 2.97. The maximum absolute atomic E-state index is 5.88. The summed E-state index contributed by atoms with van der Waals surface area (Å²) in [5, 5.41) is 0. The lowest BCUT2D eigenvalue weighted by molar-refractivity contribution is 0.105. The first kappa shape index (κ1) is 10.3. The summed E-state index contributed by atoms with van der Waals surface area (Å²) in [6.07, 6.45) is 4.93. The quantitative estimate of drug-likeness (QED) is 0.777. The molecular weight excluding hydrogens is 196 g/mol. The van der Waals surface area contributed by atoms with Crippen molar-refractivity contribution in [1.82, 2.24) is 4.90 Å². The summed E-state index contributed by atoms with van der Waals surface area (Å²) in [5.74, 6) is 0. The van der Waals surface area contributed by atoms with E-state index in [1.54, 1.807) is 5.56 Å². The second-order valence-corrected chi connectivity index (χ2v) is 5.23. The lowest BCUT2D eigenvalue weighted by Crippen LogP contribution is -2.50. The molecule has 1 aromatic carbocycles. The smallest absolute Gasteiger partial charge is 0.0239 e. The van der Waals surface area contributed by atoms with Gasteiger partial charge in [0, 0.05) is 18.6 Å². The molecule has 0 spiro atoms. The highest BCUT2D eigenvalue weighted by Crippen LogP contribution is 2.28. The Labute approximate surface area is 97.4 Å². The molecule has 2 N–H and O–H groups in total. The minimum atomic E-state index is 0.462. The zero-order valence-electron chi connectivity index (χ0n) is 9.73. The van der Waals surface area contributed by atoms with E-state index in [2.05, 4.69) is 29.2 Å². The molecule has 0 amide bonds. The predicted molar refractivity (Wildman–Crippen MR) is 66.2 cm³/mol. The second kappa shape index (κ2) is 4.19. The minimum Gasteiger partial charge on any atom is -0.328 e. The van der Waals surface area contributed by atoms with E-state index in [9.17, 15) is 0 Å². The molecule has 86 valence electrons. The molecule has 1 aliphatic carbocycles. The van der Waals surface area contributed by atoms with E-state index in [1.165, 1.54) is 37.8 Å². The van der Waals surface area contributed by atoms with E-state index < -0.39 is 0 Å². The average Bonchev–Trinajstić information content (AvgIpc) is 2.46. The molecule has 0 radical (unpaired) electrons. The molecule has 1 heterocycles. The van der Waals surface area contributed by atoms with Gasteiger partial charge in [-0.1, -0.05) is 24.3 Å². The third-order valence-corrected chi connectivity index (χ3v) is 4.05. The van der Waals surface area contributed by atoms with Crippen LogP contribution < -0.4 is 5.73 Å². The first-order valence-corrected chi connectivity index (χ1v) is 6.39. The van der Waals surface area contributed by atoms with Crippen molar-refractivity contribution in [2.24, 2.45) is 5.73 Å². The highest BCUT2D eigenvalue weighted by atomic mass is 15.2. The number of benzene rings is 1. The molecule has 0 saturated heterocycles. The zero-order valence-corrected chi connectivity index (χ0v) is 9.73. The van der Waals surface area contributed by atoms with Crippen LogP contribution in [0.3, 0.4) is 0 Å². The third-order valence-electron chi connectivity index (χ3n) is 4.05. The van der Waals surface area contributed by atoms with Gasteiger partial charge in [-0.15, -0.1) is 0 Å². The van der Waals surface area contributed by atoms with Gasteiger partial charge < -0.3 is 5.73 Å². The lowest BCUT2D eigenvalue weighted by Gasteiger charge is -2.41. The summed E-state index contributed by atoms with van der Waals surface area (Å²) in [5.41, 5.74) is 8.96. The first-order valence-electron chi connectivity index (χ1n) is 6.39. The summed E-state index contributed by atoms with van der Waals surface area (Å²) in [6.45, 7) is 2.37. The van der Waals surface area contributed by atoms with Crippen molar-refractivity contribution in [3.63, 3.8) is 0 Å². The van der Waals surface area contributed by atoms with Crippen LogP contribution in [0, 0.1) is 0 Å². The van der Waals surface area contributed by atoms with Crippen LogP contribution in [-0.4, -0.2) is 23.5 Å². The molecule has 0 bridgehead atoms. The Bertz CT molecular complexity index is 369. The molecule has 0 unspecified atom stereocenters. The standard InChI is InChI=1S/C14H20N2/c15-13-8-14(9-13)16-7-3-6-11-4-1-2-5-12(11)10-16/h1-2,4-5,13-14H,3,6-10,15H2. The van der Waals surface area contributed by atoms with Gasteiger partial charge in [-0.3, -0.25) is 4.90 Å². The molecule has 2 heteroatoms.